The highest BCUT2D eigenvalue weighted by molar-refractivity contribution is 8.00. The van der Waals surface area contributed by atoms with E-state index < -0.39 is 5.25 Å². The van der Waals surface area contributed by atoms with Crippen molar-refractivity contribution in [3.8, 4) is 0 Å². The molecule has 27 heavy (non-hydrogen) atoms. The third-order valence-corrected chi connectivity index (χ3v) is 5.56. The molecule has 8 heteroatoms. The molecule has 1 fully saturated rings. The zero-order valence-corrected chi connectivity index (χ0v) is 16.1. The first-order valence-corrected chi connectivity index (χ1v) is 9.79. The fourth-order valence-corrected chi connectivity index (χ4v) is 4.16. The molecule has 1 aliphatic heterocycles. The molecule has 0 aliphatic carbocycles. The van der Waals surface area contributed by atoms with Gasteiger partial charge in [0.1, 0.15) is 5.25 Å². The van der Waals surface area contributed by atoms with Crippen molar-refractivity contribution in [2.24, 2.45) is 0 Å². The zero-order chi connectivity index (χ0) is 18.8. The van der Waals surface area contributed by atoms with Gasteiger partial charge in [-0.3, -0.25) is 4.79 Å². The Morgan fingerprint density at radius 2 is 1.89 bits per heavy atom. The topological polar surface area (TPSA) is 72.6 Å². The summed E-state index contributed by atoms with van der Waals surface area (Å²) in [5.74, 6) is 0.620. The molecule has 1 saturated heterocycles. The maximum absolute atomic E-state index is 13.2. The average Bonchev–Trinajstić information content (AvgIpc) is 3.10. The van der Waals surface area contributed by atoms with Crippen molar-refractivity contribution in [3.05, 3.63) is 53.3 Å². The van der Waals surface area contributed by atoms with Gasteiger partial charge in [-0.05, 0) is 25.5 Å². The van der Waals surface area contributed by atoms with Gasteiger partial charge in [0.25, 0.3) is 5.78 Å². The van der Waals surface area contributed by atoms with Gasteiger partial charge in [0.15, 0.2) is 0 Å². The van der Waals surface area contributed by atoms with Gasteiger partial charge in [0.2, 0.25) is 11.1 Å². The van der Waals surface area contributed by atoms with Gasteiger partial charge >= 0.3 is 0 Å². The van der Waals surface area contributed by atoms with Gasteiger partial charge < -0.3 is 9.64 Å². The van der Waals surface area contributed by atoms with E-state index >= 15 is 0 Å². The maximum atomic E-state index is 13.2. The molecule has 0 radical (unpaired) electrons. The van der Waals surface area contributed by atoms with Crippen molar-refractivity contribution >= 4 is 23.4 Å². The molecule has 3 aromatic rings. The average molecular weight is 383 g/mol. The van der Waals surface area contributed by atoms with E-state index in [0.717, 1.165) is 17.0 Å². The van der Waals surface area contributed by atoms with Crippen molar-refractivity contribution in [1.29, 1.82) is 0 Å². The smallest absolute Gasteiger partial charge is 0.253 e. The van der Waals surface area contributed by atoms with Crippen molar-refractivity contribution in [2.75, 3.05) is 26.3 Å². The molecule has 2 aromatic heterocycles. The first-order valence-electron chi connectivity index (χ1n) is 8.91. The number of thioether (sulfide) groups is 1. The van der Waals surface area contributed by atoms with Crippen molar-refractivity contribution < 1.29 is 9.53 Å². The van der Waals surface area contributed by atoms with Gasteiger partial charge in [0, 0.05) is 24.5 Å². The second-order valence-electron chi connectivity index (χ2n) is 6.49. The lowest BCUT2D eigenvalue weighted by Crippen LogP contribution is -2.42. The Labute approximate surface area is 161 Å². The van der Waals surface area contributed by atoms with Gasteiger partial charge in [-0.1, -0.05) is 42.1 Å². The molecule has 1 aliphatic rings. The second-order valence-corrected chi connectivity index (χ2v) is 7.56. The normalized spacial score (nSPS) is 15.9. The Bertz CT molecular complexity index is 953. The number of aromatic nitrogens is 4. The van der Waals surface area contributed by atoms with E-state index in [-0.39, 0.29) is 5.91 Å². The van der Waals surface area contributed by atoms with Gasteiger partial charge in [-0.2, -0.15) is 4.98 Å². The summed E-state index contributed by atoms with van der Waals surface area (Å²) in [5, 5.41) is 4.70. The minimum atomic E-state index is -0.400. The van der Waals surface area contributed by atoms with Crippen LogP contribution in [0.3, 0.4) is 0 Å². The number of carbonyl (C=O) groups is 1. The van der Waals surface area contributed by atoms with E-state index in [2.05, 4.69) is 15.1 Å². The van der Waals surface area contributed by atoms with Crippen LogP contribution in [0.4, 0.5) is 0 Å². The molecule has 0 saturated carbocycles. The molecule has 0 spiro atoms. The Morgan fingerprint density at radius 1 is 1.15 bits per heavy atom. The summed E-state index contributed by atoms with van der Waals surface area (Å²) < 4.78 is 7.10. The van der Waals surface area contributed by atoms with Crippen LogP contribution < -0.4 is 0 Å². The van der Waals surface area contributed by atoms with E-state index in [9.17, 15) is 4.79 Å². The number of rotatable bonds is 4. The number of fused-ring (bicyclic) bond motifs is 1. The zero-order valence-electron chi connectivity index (χ0n) is 15.3. The van der Waals surface area contributed by atoms with E-state index in [1.54, 1.807) is 4.52 Å². The van der Waals surface area contributed by atoms with E-state index in [0.29, 0.717) is 37.2 Å². The first kappa shape index (κ1) is 17.9. The van der Waals surface area contributed by atoms with Crippen LogP contribution in [0, 0.1) is 13.8 Å². The number of hydrogen-bond acceptors (Lipinski definition) is 6. The number of carbonyl (C=O) groups excluding carboxylic acids is 1. The maximum Gasteiger partial charge on any atom is 0.253 e. The van der Waals surface area contributed by atoms with Crippen LogP contribution in [0.15, 0.2) is 41.6 Å². The monoisotopic (exact) mass is 383 g/mol. The summed E-state index contributed by atoms with van der Waals surface area (Å²) in [4.78, 5) is 24.0. The summed E-state index contributed by atoms with van der Waals surface area (Å²) in [6.45, 7) is 6.28. The fourth-order valence-electron chi connectivity index (χ4n) is 3.14. The van der Waals surface area contributed by atoms with Gasteiger partial charge in [-0.25, -0.2) is 9.50 Å². The molecule has 0 bridgehead atoms. The molecule has 0 N–H and O–H groups in total. The number of nitrogens with zero attached hydrogens (tertiary/aromatic N) is 5. The molecular formula is C19H21N5O2S. The van der Waals surface area contributed by atoms with Crippen molar-refractivity contribution in [3.63, 3.8) is 0 Å². The lowest BCUT2D eigenvalue weighted by Gasteiger charge is -2.30. The number of ether oxygens (including phenoxy) is 1. The molecule has 1 atom stereocenters. The van der Waals surface area contributed by atoms with E-state index in [4.69, 9.17) is 4.74 Å². The van der Waals surface area contributed by atoms with Crippen LogP contribution in [-0.4, -0.2) is 56.7 Å². The van der Waals surface area contributed by atoms with Crippen LogP contribution in [0.2, 0.25) is 0 Å². The summed E-state index contributed by atoms with van der Waals surface area (Å²) >= 11 is 1.37. The number of amides is 1. The van der Waals surface area contributed by atoms with Crippen LogP contribution in [0.5, 0.6) is 0 Å². The van der Waals surface area contributed by atoms with Crippen LogP contribution in [-0.2, 0) is 9.53 Å². The van der Waals surface area contributed by atoms with E-state index in [1.807, 2.05) is 55.1 Å². The summed E-state index contributed by atoms with van der Waals surface area (Å²) in [5.41, 5.74) is 2.80. The minimum Gasteiger partial charge on any atom is -0.378 e. The standard InChI is InChI=1S/C19H21N5O2S/c1-13-12-14(2)24-18(20-13)21-19(22-24)27-16(15-6-4-3-5-7-15)17(25)23-8-10-26-11-9-23/h3-7,12,16H,8-11H2,1-2H3. The highest BCUT2D eigenvalue weighted by Gasteiger charge is 2.29. The number of morpholine rings is 1. The molecule has 140 valence electrons. The third kappa shape index (κ3) is 3.81. The van der Waals surface area contributed by atoms with Crippen LogP contribution >= 0.6 is 11.8 Å². The molecule has 7 nitrogen and oxygen atoms in total. The lowest BCUT2D eigenvalue weighted by atomic mass is 10.1. The van der Waals surface area contributed by atoms with Crippen LogP contribution in [0.25, 0.3) is 5.78 Å². The fraction of sp³-hybridized carbons (Fsp3) is 0.368. The number of benzene rings is 1. The van der Waals surface area contributed by atoms with Crippen molar-refractivity contribution in [1.82, 2.24) is 24.5 Å². The Kier molecular flexibility index (Phi) is 5.09. The lowest BCUT2D eigenvalue weighted by molar-refractivity contribution is -0.134. The summed E-state index contributed by atoms with van der Waals surface area (Å²) in [6.07, 6.45) is 0. The largest absolute Gasteiger partial charge is 0.378 e. The van der Waals surface area contributed by atoms with Crippen LogP contribution in [0.1, 0.15) is 22.2 Å². The predicted molar refractivity (Wildman–Crippen MR) is 103 cm³/mol. The summed E-state index contributed by atoms with van der Waals surface area (Å²) in [6, 6.07) is 11.7. The highest BCUT2D eigenvalue weighted by atomic mass is 32.2. The Balaban J connectivity index is 1.67. The predicted octanol–water partition coefficient (Wildman–Crippen LogP) is 2.43. The number of hydrogen-bond donors (Lipinski definition) is 0. The minimum absolute atomic E-state index is 0.0641. The second kappa shape index (κ2) is 7.66. The molecule has 1 unspecified atom stereocenters. The first-order chi connectivity index (χ1) is 13.1. The molecule has 4 rings (SSSR count). The highest BCUT2D eigenvalue weighted by Crippen LogP contribution is 2.35. The van der Waals surface area contributed by atoms with Crippen molar-refractivity contribution in [2.45, 2.75) is 24.3 Å². The molecule has 1 amide bonds. The quantitative estimate of drug-likeness (QED) is 0.645. The summed E-state index contributed by atoms with van der Waals surface area (Å²) in [7, 11) is 0. The SMILES string of the molecule is Cc1cc(C)n2nc(SC(C(=O)N3CCOCC3)c3ccccc3)nc2n1. The Morgan fingerprint density at radius 3 is 2.63 bits per heavy atom. The molecular weight excluding hydrogens is 362 g/mol. The van der Waals surface area contributed by atoms with Gasteiger partial charge in [0.05, 0.1) is 13.2 Å². The molecule has 1 aromatic carbocycles. The third-order valence-electron chi connectivity index (χ3n) is 4.47. The number of aryl methyl sites for hydroxylation is 2. The molecule has 3 heterocycles. The van der Waals surface area contributed by atoms with Gasteiger partial charge in [-0.15, -0.1) is 5.10 Å². The van der Waals surface area contributed by atoms with E-state index in [1.165, 1.54) is 11.8 Å². The Hall–Kier alpha value is -2.45.